The van der Waals surface area contributed by atoms with Crippen molar-refractivity contribution in [3.05, 3.63) is 16.0 Å². The highest BCUT2D eigenvalue weighted by molar-refractivity contribution is 7.80. The minimum absolute atomic E-state index is 0.119. The number of hydrogen-bond acceptors (Lipinski definition) is 5. The van der Waals surface area contributed by atoms with Crippen LogP contribution >= 0.6 is 23.6 Å². The number of ether oxygens (including phenoxy) is 1. The van der Waals surface area contributed by atoms with E-state index in [9.17, 15) is 4.79 Å². The van der Waals surface area contributed by atoms with Gasteiger partial charge in [0.1, 0.15) is 5.00 Å². The van der Waals surface area contributed by atoms with Gasteiger partial charge in [0.25, 0.3) is 0 Å². The summed E-state index contributed by atoms with van der Waals surface area (Å²) in [7, 11) is 2.12. The quantitative estimate of drug-likeness (QED) is 0.655. The minimum Gasteiger partial charge on any atom is -0.459 e. The van der Waals surface area contributed by atoms with Crippen molar-refractivity contribution in [1.29, 1.82) is 0 Å². The Morgan fingerprint density at radius 2 is 1.96 bits per heavy atom. The minimum atomic E-state index is -0.229. The van der Waals surface area contributed by atoms with Gasteiger partial charge in [-0.3, -0.25) is 0 Å². The van der Waals surface area contributed by atoms with Gasteiger partial charge in [-0.2, -0.15) is 0 Å². The van der Waals surface area contributed by atoms with Gasteiger partial charge in [0.15, 0.2) is 5.11 Å². The first-order valence-corrected chi connectivity index (χ1v) is 9.78. The monoisotopic (exact) mass is 367 g/mol. The number of thiocarbonyl (C=S) groups is 1. The number of hydrogen-bond donors (Lipinski definition) is 1. The molecule has 7 heteroatoms. The second-order valence-electron chi connectivity index (χ2n) is 6.74. The van der Waals surface area contributed by atoms with Crippen LogP contribution in [0.15, 0.2) is 0 Å². The Labute approximate surface area is 153 Å². The Kier molecular flexibility index (Phi) is 5.42. The van der Waals surface area contributed by atoms with Crippen molar-refractivity contribution < 1.29 is 9.53 Å². The number of anilines is 1. The van der Waals surface area contributed by atoms with E-state index >= 15 is 0 Å². The lowest BCUT2D eigenvalue weighted by molar-refractivity contribution is 0.0378. The summed E-state index contributed by atoms with van der Waals surface area (Å²) in [5.74, 6) is -0.229. The highest BCUT2D eigenvalue weighted by Gasteiger charge is 2.29. The maximum Gasteiger partial charge on any atom is 0.341 e. The number of thiophene rings is 1. The summed E-state index contributed by atoms with van der Waals surface area (Å²) in [5, 5.41) is 4.90. The predicted molar refractivity (Wildman–Crippen MR) is 102 cm³/mol. The van der Waals surface area contributed by atoms with Gasteiger partial charge < -0.3 is 19.9 Å². The number of aryl methyl sites for hydroxylation is 1. The smallest absolute Gasteiger partial charge is 0.341 e. The summed E-state index contributed by atoms with van der Waals surface area (Å²) in [5.41, 5.74) is 1.87. The fourth-order valence-electron chi connectivity index (χ4n) is 3.17. The third kappa shape index (κ3) is 3.73. The maximum atomic E-state index is 12.6. The van der Waals surface area contributed by atoms with Gasteiger partial charge in [-0.1, -0.05) is 0 Å². The Balaban J connectivity index is 1.78. The van der Waals surface area contributed by atoms with Gasteiger partial charge in [-0.25, -0.2) is 4.79 Å². The molecule has 24 heavy (non-hydrogen) atoms. The van der Waals surface area contributed by atoms with Crippen molar-refractivity contribution >= 4 is 39.6 Å². The van der Waals surface area contributed by atoms with Gasteiger partial charge in [-0.05, 0) is 57.9 Å². The number of piperazine rings is 1. The molecule has 0 saturated carbocycles. The molecule has 1 fully saturated rings. The molecule has 1 aromatic rings. The normalized spacial score (nSPS) is 17.9. The Hall–Kier alpha value is -1.18. The van der Waals surface area contributed by atoms with Crippen LogP contribution in [0.2, 0.25) is 0 Å². The molecule has 132 valence electrons. The fraction of sp³-hybridized carbons (Fsp3) is 0.647. The first-order valence-electron chi connectivity index (χ1n) is 8.55. The summed E-state index contributed by atoms with van der Waals surface area (Å²) < 4.78 is 5.47. The van der Waals surface area contributed by atoms with Crippen LogP contribution in [0, 0.1) is 0 Å². The van der Waals surface area contributed by atoms with Crippen LogP contribution in [-0.4, -0.2) is 60.2 Å². The molecule has 0 bridgehead atoms. The third-order valence-electron chi connectivity index (χ3n) is 4.48. The second kappa shape index (κ2) is 7.37. The highest BCUT2D eigenvalue weighted by Crippen LogP contribution is 2.39. The van der Waals surface area contributed by atoms with Gasteiger partial charge >= 0.3 is 5.97 Å². The van der Waals surface area contributed by atoms with E-state index in [0.29, 0.717) is 10.7 Å². The standard InChI is InChI=1S/C17H25N3O2S2/c1-11(2)22-16(21)14-12-5-4-6-13(12)24-15(14)18-17(23)20-9-7-19(3)8-10-20/h11H,4-10H2,1-3H3,(H,18,23). The number of likely N-dealkylation sites (N-methyl/N-ethyl adjacent to an activating group) is 1. The molecular formula is C17H25N3O2S2. The third-order valence-corrected chi connectivity index (χ3v) is 6.05. The lowest BCUT2D eigenvalue weighted by Gasteiger charge is -2.34. The van der Waals surface area contributed by atoms with E-state index in [1.807, 2.05) is 13.8 Å². The molecule has 0 spiro atoms. The first-order chi connectivity index (χ1) is 11.5. The topological polar surface area (TPSA) is 44.8 Å². The Bertz CT molecular complexity index is 634. The van der Waals surface area contributed by atoms with Crippen LogP contribution < -0.4 is 5.32 Å². The van der Waals surface area contributed by atoms with Crippen molar-refractivity contribution in [3.8, 4) is 0 Å². The number of esters is 1. The van der Waals surface area contributed by atoms with Crippen molar-refractivity contribution in [1.82, 2.24) is 9.80 Å². The number of nitrogens with one attached hydrogen (secondary N) is 1. The largest absolute Gasteiger partial charge is 0.459 e. The van der Waals surface area contributed by atoms with E-state index in [2.05, 4.69) is 22.2 Å². The zero-order valence-electron chi connectivity index (χ0n) is 14.6. The average molecular weight is 368 g/mol. The lowest BCUT2D eigenvalue weighted by atomic mass is 10.1. The van der Waals surface area contributed by atoms with Crippen LogP contribution in [0.4, 0.5) is 5.00 Å². The van der Waals surface area contributed by atoms with E-state index in [-0.39, 0.29) is 12.1 Å². The fourth-order valence-corrected chi connectivity index (χ4v) is 4.79. The summed E-state index contributed by atoms with van der Waals surface area (Å²) >= 11 is 7.25. The van der Waals surface area contributed by atoms with Gasteiger partial charge in [0.2, 0.25) is 0 Å². The number of rotatable bonds is 3. The van der Waals surface area contributed by atoms with E-state index < -0.39 is 0 Å². The summed E-state index contributed by atoms with van der Waals surface area (Å²) in [4.78, 5) is 18.4. The summed E-state index contributed by atoms with van der Waals surface area (Å²) in [6.45, 7) is 7.60. The molecule has 5 nitrogen and oxygen atoms in total. The zero-order chi connectivity index (χ0) is 17.3. The second-order valence-corrected chi connectivity index (χ2v) is 8.23. The summed E-state index contributed by atoms with van der Waals surface area (Å²) in [6.07, 6.45) is 3.00. The van der Waals surface area contributed by atoms with E-state index in [1.54, 1.807) is 11.3 Å². The maximum absolute atomic E-state index is 12.6. The molecule has 3 rings (SSSR count). The predicted octanol–water partition coefficient (Wildman–Crippen LogP) is 2.75. The lowest BCUT2D eigenvalue weighted by Crippen LogP contribution is -2.48. The molecule has 0 atom stereocenters. The average Bonchev–Trinajstić information content (AvgIpc) is 3.07. The van der Waals surface area contributed by atoms with Crippen LogP contribution in [-0.2, 0) is 17.6 Å². The van der Waals surface area contributed by atoms with Crippen molar-refractivity contribution in [3.63, 3.8) is 0 Å². The highest BCUT2D eigenvalue weighted by atomic mass is 32.1. The number of fused-ring (bicyclic) bond motifs is 1. The Morgan fingerprint density at radius 1 is 1.25 bits per heavy atom. The SMILES string of the molecule is CC(C)OC(=O)c1c(NC(=S)N2CCN(C)CC2)sc2c1CCC2. The molecule has 1 aliphatic heterocycles. The molecule has 1 aromatic heterocycles. The van der Waals surface area contributed by atoms with Crippen molar-refractivity contribution in [2.45, 2.75) is 39.2 Å². The Morgan fingerprint density at radius 3 is 2.62 bits per heavy atom. The van der Waals surface area contributed by atoms with Gasteiger partial charge in [0.05, 0.1) is 11.7 Å². The molecule has 1 aliphatic carbocycles. The molecular weight excluding hydrogens is 342 g/mol. The van der Waals surface area contributed by atoms with Gasteiger partial charge in [0, 0.05) is 31.1 Å². The molecule has 0 amide bonds. The summed E-state index contributed by atoms with van der Waals surface area (Å²) in [6, 6.07) is 0. The molecule has 0 unspecified atom stereocenters. The first kappa shape index (κ1) is 17.6. The number of nitrogens with zero attached hydrogens (tertiary/aromatic N) is 2. The zero-order valence-corrected chi connectivity index (χ0v) is 16.2. The van der Waals surface area contributed by atoms with Crippen LogP contribution in [0.25, 0.3) is 0 Å². The number of carbonyl (C=O) groups excluding carboxylic acids is 1. The molecule has 0 aromatic carbocycles. The molecule has 1 saturated heterocycles. The molecule has 0 radical (unpaired) electrons. The molecule has 2 aliphatic rings. The van der Waals surface area contributed by atoms with E-state index in [4.69, 9.17) is 17.0 Å². The van der Waals surface area contributed by atoms with Crippen LogP contribution in [0.5, 0.6) is 0 Å². The molecule has 1 N–H and O–H groups in total. The van der Waals surface area contributed by atoms with Crippen molar-refractivity contribution in [2.24, 2.45) is 0 Å². The number of carbonyl (C=O) groups is 1. The molecule has 2 heterocycles. The van der Waals surface area contributed by atoms with Crippen molar-refractivity contribution in [2.75, 3.05) is 38.5 Å². The van der Waals surface area contributed by atoms with E-state index in [1.165, 1.54) is 4.88 Å². The van der Waals surface area contributed by atoms with Crippen LogP contribution in [0.1, 0.15) is 41.1 Å². The van der Waals surface area contributed by atoms with Crippen LogP contribution in [0.3, 0.4) is 0 Å². The van der Waals surface area contributed by atoms with E-state index in [0.717, 1.165) is 56.0 Å². The van der Waals surface area contributed by atoms with Gasteiger partial charge in [-0.15, -0.1) is 11.3 Å².